The molecule has 5 aromatic rings. The van der Waals surface area contributed by atoms with Gasteiger partial charge in [0.2, 0.25) is 0 Å². The second-order valence-electron chi connectivity index (χ2n) is 8.58. The minimum absolute atomic E-state index is 0.0130. The SMILES string of the molecule is O=C(O)NC1CN(Cc2ccc(-c3nc4cc5nc[nH]c5cc4nc3-c3ccccc3)cc2)C1. The molecule has 1 saturated heterocycles. The highest BCUT2D eigenvalue weighted by Gasteiger charge is 2.27. The third-order valence-electron chi connectivity index (χ3n) is 6.17. The summed E-state index contributed by atoms with van der Waals surface area (Å²) < 4.78 is 0. The zero-order valence-corrected chi connectivity index (χ0v) is 18.3. The number of nitrogens with zero attached hydrogens (tertiary/aromatic N) is 4. The predicted octanol–water partition coefficient (Wildman–Crippen LogP) is 4.29. The molecule has 1 amide bonds. The Bertz CT molecular complexity index is 1490. The van der Waals surface area contributed by atoms with Crippen molar-refractivity contribution in [1.29, 1.82) is 0 Å². The first-order valence-corrected chi connectivity index (χ1v) is 11.1. The largest absolute Gasteiger partial charge is 0.465 e. The molecule has 0 radical (unpaired) electrons. The molecule has 0 aliphatic carbocycles. The molecule has 1 aliphatic heterocycles. The molecule has 3 heterocycles. The van der Waals surface area contributed by atoms with E-state index in [4.69, 9.17) is 15.1 Å². The molecule has 2 aromatic heterocycles. The molecule has 6 rings (SSSR count). The lowest BCUT2D eigenvalue weighted by Gasteiger charge is -2.38. The van der Waals surface area contributed by atoms with E-state index in [0.717, 1.165) is 64.2 Å². The first-order chi connectivity index (χ1) is 16.6. The van der Waals surface area contributed by atoms with Crippen LogP contribution < -0.4 is 5.32 Å². The smallest absolute Gasteiger partial charge is 0.404 e. The Hall–Kier alpha value is -4.30. The number of aromatic amines is 1. The summed E-state index contributed by atoms with van der Waals surface area (Å²) in [6.45, 7) is 2.23. The summed E-state index contributed by atoms with van der Waals surface area (Å²) in [6, 6.07) is 22.4. The number of benzene rings is 3. The minimum atomic E-state index is -0.965. The van der Waals surface area contributed by atoms with Crippen molar-refractivity contribution in [3.63, 3.8) is 0 Å². The number of carbonyl (C=O) groups is 1. The number of hydrogen-bond acceptors (Lipinski definition) is 5. The molecule has 3 aromatic carbocycles. The molecule has 3 N–H and O–H groups in total. The summed E-state index contributed by atoms with van der Waals surface area (Å²) in [4.78, 5) is 30.5. The number of rotatable bonds is 5. The van der Waals surface area contributed by atoms with E-state index in [1.54, 1.807) is 6.33 Å². The van der Waals surface area contributed by atoms with Crippen molar-refractivity contribution in [3.8, 4) is 22.5 Å². The molecule has 1 fully saturated rings. The molecule has 8 heteroatoms. The maximum Gasteiger partial charge on any atom is 0.404 e. The van der Waals surface area contributed by atoms with E-state index < -0.39 is 6.09 Å². The van der Waals surface area contributed by atoms with Gasteiger partial charge in [-0.2, -0.15) is 0 Å². The molecule has 0 saturated carbocycles. The summed E-state index contributed by atoms with van der Waals surface area (Å²) in [5, 5.41) is 11.4. The molecule has 0 unspecified atom stereocenters. The average molecular weight is 451 g/mol. The number of likely N-dealkylation sites (tertiary alicyclic amines) is 1. The van der Waals surface area contributed by atoms with Gasteiger partial charge in [-0.25, -0.2) is 19.7 Å². The highest BCUT2D eigenvalue weighted by molar-refractivity contribution is 5.94. The van der Waals surface area contributed by atoms with Crippen molar-refractivity contribution >= 4 is 28.2 Å². The van der Waals surface area contributed by atoms with Crippen LogP contribution in [0.2, 0.25) is 0 Å². The Kier molecular flexibility index (Phi) is 4.92. The molecule has 0 atom stereocenters. The fourth-order valence-corrected chi connectivity index (χ4v) is 4.48. The van der Waals surface area contributed by atoms with Gasteiger partial charge in [0.15, 0.2) is 0 Å². The number of imidazole rings is 1. The fraction of sp³-hybridized carbons (Fsp3) is 0.154. The zero-order valence-electron chi connectivity index (χ0n) is 18.3. The second kappa shape index (κ2) is 8.24. The van der Waals surface area contributed by atoms with E-state index in [2.05, 4.69) is 44.5 Å². The van der Waals surface area contributed by atoms with Crippen LogP contribution in [0.25, 0.3) is 44.6 Å². The molecule has 1 aliphatic rings. The van der Waals surface area contributed by atoms with Crippen LogP contribution in [0.1, 0.15) is 5.56 Å². The summed E-state index contributed by atoms with van der Waals surface area (Å²) in [5.74, 6) is 0. The van der Waals surface area contributed by atoms with E-state index in [-0.39, 0.29) is 6.04 Å². The lowest BCUT2D eigenvalue weighted by molar-refractivity contribution is 0.111. The first-order valence-electron chi connectivity index (χ1n) is 11.1. The molecule has 0 bridgehead atoms. The summed E-state index contributed by atoms with van der Waals surface area (Å²) in [7, 11) is 0. The second-order valence-corrected chi connectivity index (χ2v) is 8.58. The molecule has 168 valence electrons. The lowest BCUT2D eigenvalue weighted by atomic mass is 10.0. The van der Waals surface area contributed by atoms with Crippen LogP contribution in [0.3, 0.4) is 0 Å². The fourth-order valence-electron chi connectivity index (χ4n) is 4.48. The van der Waals surface area contributed by atoms with Crippen LogP contribution in [-0.2, 0) is 6.54 Å². The highest BCUT2D eigenvalue weighted by Crippen LogP contribution is 2.32. The number of nitrogens with one attached hydrogen (secondary N) is 2. The number of H-pyrrole nitrogens is 1. The van der Waals surface area contributed by atoms with Gasteiger partial charge < -0.3 is 15.4 Å². The van der Waals surface area contributed by atoms with Gasteiger partial charge in [0.25, 0.3) is 0 Å². The molecule has 0 spiro atoms. The predicted molar refractivity (Wildman–Crippen MR) is 130 cm³/mol. The van der Waals surface area contributed by atoms with Crippen molar-refractivity contribution < 1.29 is 9.90 Å². The van der Waals surface area contributed by atoms with Gasteiger partial charge in [-0.1, -0.05) is 54.6 Å². The number of fused-ring (bicyclic) bond motifs is 2. The summed E-state index contributed by atoms with van der Waals surface area (Å²) in [6.07, 6.45) is 0.715. The van der Waals surface area contributed by atoms with Gasteiger partial charge in [-0.15, -0.1) is 0 Å². The summed E-state index contributed by atoms with van der Waals surface area (Å²) >= 11 is 0. The van der Waals surface area contributed by atoms with Crippen LogP contribution in [0.15, 0.2) is 73.1 Å². The summed E-state index contributed by atoms with van der Waals surface area (Å²) in [5.41, 5.74) is 8.26. The van der Waals surface area contributed by atoms with E-state index in [1.807, 2.05) is 42.5 Å². The van der Waals surface area contributed by atoms with Gasteiger partial charge in [0, 0.05) is 30.8 Å². The Morgan fingerprint density at radius 3 is 2.32 bits per heavy atom. The van der Waals surface area contributed by atoms with Crippen molar-refractivity contribution in [2.45, 2.75) is 12.6 Å². The van der Waals surface area contributed by atoms with Crippen molar-refractivity contribution in [3.05, 3.63) is 78.6 Å². The standard InChI is InChI=1S/C26H22N6O2/c33-26(34)29-19-13-32(14-19)12-16-6-8-18(9-7-16)25-24(17-4-2-1-3-5-17)30-22-10-20-21(28-15-27-20)11-23(22)31-25/h1-11,15,19,29H,12-14H2,(H,27,28)(H,33,34). The van der Waals surface area contributed by atoms with Crippen LogP contribution in [0, 0.1) is 0 Å². The van der Waals surface area contributed by atoms with Crippen molar-refractivity contribution in [2.75, 3.05) is 13.1 Å². The van der Waals surface area contributed by atoms with Gasteiger partial charge in [0.1, 0.15) is 0 Å². The van der Waals surface area contributed by atoms with E-state index >= 15 is 0 Å². The molecular formula is C26H22N6O2. The Labute approximate surface area is 195 Å². The monoisotopic (exact) mass is 450 g/mol. The number of aromatic nitrogens is 4. The topological polar surface area (TPSA) is 107 Å². The molecular weight excluding hydrogens is 428 g/mol. The molecule has 8 nitrogen and oxygen atoms in total. The Balaban J connectivity index is 1.34. The van der Waals surface area contributed by atoms with Crippen LogP contribution in [0.5, 0.6) is 0 Å². The quantitative estimate of drug-likeness (QED) is 0.369. The maximum atomic E-state index is 10.8. The highest BCUT2D eigenvalue weighted by atomic mass is 16.4. The maximum absolute atomic E-state index is 10.8. The Morgan fingerprint density at radius 2 is 1.62 bits per heavy atom. The van der Waals surface area contributed by atoms with E-state index in [0.29, 0.717) is 0 Å². The number of carboxylic acid groups (broad SMARTS) is 1. The van der Waals surface area contributed by atoms with Gasteiger partial charge in [-0.3, -0.25) is 4.90 Å². The minimum Gasteiger partial charge on any atom is -0.465 e. The van der Waals surface area contributed by atoms with Crippen LogP contribution in [0.4, 0.5) is 4.79 Å². The van der Waals surface area contributed by atoms with E-state index in [1.165, 1.54) is 5.56 Å². The zero-order chi connectivity index (χ0) is 23.1. The van der Waals surface area contributed by atoms with Gasteiger partial charge >= 0.3 is 6.09 Å². The number of amides is 1. The van der Waals surface area contributed by atoms with E-state index in [9.17, 15) is 4.79 Å². The average Bonchev–Trinajstić information content (AvgIpc) is 3.28. The first kappa shape index (κ1) is 20.3. The third-order valence-corrected chi connectivity index (χ3v) is 6.17. The van der Waals surface area contributed by atoms with Gasteiger partial charge in [0.05, 0.1) is 45.8 Å². The molecule has 34 heavy (non-hydrogen) atoms. The third kappa shape index (κ3) is 3.84. The van der Waals surface area contributed by atoms with Crippen LogP contribution in [-0.4, -0.2) is 55.2 Å². The lowest BCUT2D eigenvalue weighted by Crippen LogP contribution is -2.58. The van der Waals surface area contributed by atoms with Crippen molar-refractivity contribution in [1.82, 2.24) is 30.2 Å². The normalized spacial score (nSPS) is 14.4. The number of hydrogen-bond donors (Lipinski definition) is 3. The van der Waals surface area contributed by atoms with Crippen molar-refractivity contribution in [2.24, 2.45) is 0 Å². The van der Waals surface area contributed by atoms with Gasteiger partial charge in [-0.05, 0) is 17.7 Å². The van der Waals surface area contributed by atoms with Crippen LogP contribution >= 0.6 is 0 Å². The Morgan fingerprint density at radius 1 is 0.941 bits per heavy atom.